The van der Waals surface area contributed by atoms with E-state index in [0.29, 0.717) is 26.2 Å². The third-order valence-electron chi connectivity index (χ3n) is 4.69. The lowest BCUT2D eigenvalue weighted by Gasteiger charge is -2.35. The largest absolute Gasteiger partial charge is 0.492 e. The van der Waals surface area contributed by atoms with Crippen molar-refractivity contribution >= 4 is 11.5 Å². The normalized spacial score (nSPS) is 16.8. The van der Waals surface area contributed by atoms with E-state index in [9.17, 15) is 9.90 Å². The molecule has 0 amide bonds. The molecule has 2 aromatic rings. The summed E-state index contributed by atoms with van der Waals surface area (Å²) in [5.74, 6) is 1.55. The van der Waals surface area contributed by atoms with E-state index in [1.165, 1.54) is 0 Å². The average molecular weight is 385 g/mol. The molecule has 1 aliphatic heterocycles. The first kappa shape index (κ1) is 20.2. The number of fused-ring (bicyclic) bond motifs is 1. The second kappa shape index (κ2) is 9.57. The average Bonchev–Trinajstić information content (AvgIpc) is 2.70. The van der Waals surface area contributed by atoms with Crippen molar-refractivity contribution in [2.75, 3.05) is 31.3 Å². The molecule has 3 rings (SSSR count). The fraction of sp³-hybridized carbons (Fsp3) is 0.409. The molecular weight excluding hydrogens is 358 g/mol. The van der Waals surface area contributed by atoms with Crippen LogP contribution in [0.1, 0.15) is 19.4 Å². The Morgan fingerprint density at radius 2 is 2.00 bits per heavy atom. The minimum absolute atomic E-state index is 0.0338. The number of hydrogen-bond acceptors (Lipinski definition) is 6. The van der Waals surface area contributed by atoms with Gasteiger partial charge in [-0.15, -0.1) is 0 Å². The molecule has 0 radical (unpaired) electrons. The minimum atomic E-state index is -0.692. The molecular formula is C22H27NO5. The molecule has 2 aromatic carbocycles. The van der Waals surface area contributed by atoms with Crippen LogP contribution in [0.4, 0.5) is 5.69 Å². The molecule has 150 valence electrons. The number of aliphatic hydroxyl groups excluding tert-OH is 1. The SMILES string of the molecule is CCOC(Cc1ccc(OCCN2c3ccccc3OCC2O)cc1)C(C)=O. The Hall–Kier alpha value is -2.57. The maximum atomic E-state index is 11.6. The summed E-state index contributed by atoms with van der Waals surface area (Å²) in [6, 6.07) is 15.3. The summed E-state index contributed by atoms with van der Waals surface area (Å²) in [5.41, 5.74) is 1.89. The molecule has 6 nitrogen and oxygen atoms in total. The number of ether oxygens (including phenoxy) is 3. The minimum Gasteiger partial charge on any atom is -0.492 e. The van der Waals surface area contributed by atoms with Crippen LogP contribution in [0.15, 0.2) is 48.5 Å². The van der Waals surface area contributed by atoms with Gasteiger partial charge in [-0.2, -0.15) is 0 Å². The van der Waals surface area contributed by atoms with Gasteiger partial charge >= 0.3 is 0 Å². The number of carbonyl (C=O) groups excluding carboxylic acids is 1. The van der Waals surface area contributed by atoms with E-state index in [1.54, 1.807) is 6.92 Å². The van der Waals surface area contributed by atoms with Crippen molar-refractivity contribution < 1.29 is 24.1 Å². The van der Waals surface area contributed by atoms with Crippen molar-refractivity contribution in [1.82, 2.24) is 0 Å². The van der Waals surface area contributed by atoms with Gasteiger partial charge in [0.15, 0.2) is 12.0 Å². The number of rotatable bonds is 9. The summed E-state index contributed by atoms with van der Waals surface area (Å²) in [6.45, 7) is 5.16. The number of aliphatic hydroxyl groups is 1. The third-order valence-corrected chi connectivity index (χ3v) is 4.69. The number of anilines is 1. The van der Waals surface area contributed by atoms with Crippen LogP contribution in [0.5, 0.6) is 11.5 Å². The Balaban J connectivity index is 1.54. The summed E-state index contributed by atoms with van der Waals surface area (Å²) >= 11 is 0. The van der Waals surface area contributed by atoms with Gasteiger partial charge in [0.2, 0.25) is 0 Å². The highest BCUT2D eigenvalue weighted by Crippen LogP contribution is 2.32. The van der Waals surface area contributed by atoms with Crippen molar-refractivity contribution in [1.29, 1.82) is 0 Å². The van der Waals surface area contributed by atoms with E-state index in [4.69, 9.17) is 14.2 Å². The highest BCUT2D eigenvalue weighted by Gasteiger charge is 2.25. The first-order valence-corrected chi connectivity index (χ1v) is 9.58. The molecule has 6 heteroatoms. The van der Waals surface area contributed by atoms with Crippen LogP contribution in [-0.4, -0.2) is 49.6 Å². The van der Waals surface area contributed by atoms with Crippen LogP contribution >= 0.6 is 0 Å². The van der Waals surface area contributed by atoms with Crippen molar-refractivity contribution in [2.24, 2.45) is 0 Å². The fourth-order valence-electron chi connectivity index (χ4n) is 3.22. The Kier molecular flexibility index (Phi) is 6.90. The van der Waals surface area contributed by atoms with Crippen molar-refractivity contribution in [3.63, 3.8) is 0 Å². The number of ketones is 1. The summed E-state index contributed by atoms with van der Waals surface area (Å²) in [4.78, 5) is 13.5. The van der Waals surface area contributed by atoms with Gasteiger partial charge in [-0.05, 0) is 43.7 Å². The van der Waals surface area contributed by atoms with Gasteiger partial charge in [0.25, 0.3) is 0 Å². The number of para-hydroxylation sites is 2. The van der Waals surface area contributed by atoms with Crippen LogP contribution in [-0.2, 0) is 16.0 Å². The maximum absolute atomic E-state index is 11.6. The highest BCUT2D eigenvalue weighted by atomic mass is 16.5. The van der Waals surface area contributed by atoms with E-state index in [1.807, 2.05) is 60.4 Å². The molecule has 1 heterocycles. The Morgan fingerprint density at radius 3 is 2.71 bits per heavy atom. The van der Waals surface area contributed by atoms with Gasteiger partial charge < -0.3 is 24.2 Å². The predicted octanol–water partition coefficient (Wildman–Crippen LogP) is 2.82. The summed E-state index contributed by atoms with van der Waals surface area (Å²) in [5, 5.41) is 10.2. The summed E-state index contributed by atoms with van der Waals surface area (Å²) in [7, 11) is 0. The fourth-order valence-corrected chi connectivity index (χ4v) is 3.22. The van der Waals surface area contributed by atoms with Gasteiger partial charge in [-0.3, -0.25) is 4.79 Å². The molecule has 0 bridgehead atoms. The van der Waals surface area contributed by atoms with E-state index in [0.717, 1.165) is 22.7 Å². The monoisotopic (exact) mass is 385 g/mol. The van der Waals surface area contributed by atoms with Crippen LogP contribution in [0, 0.1) is 0 Å². The zero-order valence-corrected chi connectivity index (χ0v) is 16.3. The lowest BCUT2D eigenvalue weighted by molar-refractivity contribution is -0.127. The van der Waals surface area contributed by atoms with Crippen LogP contribution in [0.3, 0.4) is 0 Å². The molecule has 0 fully saturated rings. The van der Waals surface area contributed by atoms with Gasteiger partial charge in [0.05, 0.1) is 12.2 Å². The lowest BCUT2D eigenvalue weighted by atomic mass is 10.1. The van der Waals surface area contributed by atoms with Crippen molar-refractivity contribution in [2.45, 2.75) is 32.6 Å². The topological polar surface area (TPSA) is 68.2 Å². The predicted molar refractivity (Wildman–Crippen MR) is 107 cm³/mol. The zero-order chi connectivity index (χ0) is 19.9. The summed E-state index contributed by atoms with van der Waals surface area (Å²) < 4.78 is 16.9. The van der Waals surface area contributed by atoms with Gasteiger partial charge in [-0.25, -0.2) is 0 Å². The Morgan fingerprint density at radius 1 is 1.25 bits per heavy atom. The number of hydrogen-bond donors (Lipinski definition) is 1. The maximum Gasteiger partial charge on any atom is 0.161 e. The van der Waals surface area contributed by atoms with E-state index >= 15 is 0 Å². The highest BCUT2D eigenvalue weighted by molar-refractivity contribution is 5.80. The Labute approximate surface area is 165 Å². The molecule has 0 aromatic heterocycles. The molecule has 1 N–H and O–H groups in total. The smallest absolute Gasteiger partial charge is 0.161 e. The third kappa shape index (κ3) is 5.03. The van der Waals surface area contributed by atoms with E-state index in [2.05, 4.69) is 0 Å². The van der Waals surface area contributed by atoms with Crippen molar-refractivity contribution in [3.05, 3.63) is 54.1 Å². The first-order chi connectivity index (χ1) is 13.6. The molecule has 2 unspecified atom stereocenters. The van der Waals surface area contributed by atoms with Crippen LogP contribution in [0.25, 0.3) is 0 Å². The molecule has 0 saturated carbocycles. The van der Waals surface area contributed by atoms with Crippen LogP contribution in [0.2, 0.25) is 0 Å². The van der Waals surface area contributed by atoms with E-state index < -0.39 is 12.3 Å². The molecule has 0 spiro atoms. The first-order valence-electron chi connectivity index (χ1n) is 9.58. The number of Topliss-reactive ketones (excluding diaryl/α,β-unsaturated/α-hetero) is 1. The summed E-state index contributed by atoms with van der Waals surface area (Å²) in [6.07, 6.45) is -0.539. The molecule has 1 aliphatic rings. The Bertz CT molecular complexity index is 777. The van der Waals surface area contributed by atoms with Crippen molar-refractivity contribution in [3.8, 4) is 11.5 Å². The van der Waals surface area contributed by atoms with Gasteiger partial charge in [0, 0.05) is 13.0 Å². The van der Waals surface area contributed by atoms with E-state index in [-0.39, 0.29) is 12.4 Å². The second-order valence-corrected chi connectivity index (χ2v) is 6.70. The molecule has 0 aliphatic carbocycles. The van der Waals surface area contributed by atoms with Crippen LogP contribution < -0.4 is 14.4 Å². The zero-order valence-electron chi connectivity index (χ0n) is 16.3. The van der Waals surface area contributed by atoms with Gasteiger partial charge in [0.1, 0.15) is 30.8 Å². The lowest BCUT2D eigenvalue weighted by Crippen LogP contribution is -2.44. The molecule has 0 saturated heterocycles. The number of nitrogens with zero attached hydrogens (tertiary/aromatic N) is 1. The number of carbonyl (C=O) groups is 1. The van der Waals surface area contributed by atoms with Gasteiger partial charge in [-0.1, -0.05) is 24.3 Å². The second-order valence-electron chi connectivity index (χ2n) is 6.70. The quantitative estimate of drug-likeness (QED) is 0.716. The number of benzene rings is 2. The molecule has 28 heavy (non-hydrogen) atoms. The molecule has 2 atom stereocenters. The standard InChI is InChI=1S/C22H27NO5/c1-3-26-21(16(2)24)14-17-8-10-18(11-9-17)27-13-12-23-19-6-4-5-7-20(19)28-15-22(23)25/h4-11,21-22,25H,3,12-15H2,1-2H3.